The summed E-state index contributed by atoms with van der Waals surface area (Å²) < 4.78 is 20.3. The first-order valence-electron chi connectivity index (χ1n) is 7.92. The third-order valence-electron chi connectivity index (χ3n) is 3.15. The average Bonchev–Trinajstić information content (AvgIpc) is 2.62. The molecule has 1 rings (SSSR count). The highest BCUT2D eigenvalue weighted by Crippen LogP contribution is 2.41. The van der Waals surface area contributed by atoms with E-state index in [4.69, 9.17) is 14.2 Å². The van der Waals surface area contributed by atoms with Gasteiger partial charge in [-0.15, -0.1) is 0 Å². The van der Waals surface area contributed by atoms with E-state index in [9.17, 15) is 19.2 Å². The summed E-state index contributed by atoms with van der Waals surface area (Å²) in [6.45, 7) is 0. The van der Waals surface area contributed by atoms with Gasteiger partial charge < -0.3 is 33.6 Å². The zero-order valence-electron chi connectivity index (χ0n) is 16.8. The number of carbonyl (C=O) groups excluding carboxylic acids is 4. The van der Waals surface area contributed by atoms with Crippen LogP contribution in [0.2, 0.25) is 0 Å². The molecule has 0 bridgehead atoms. The molecule has 0 aliphatic heterocycles. The number of esters is 1. The lowest BCUT2D eigenvalue weighted by Crippen LogP contribution is -2.29. The summed E-state index contributed by atoms with van der Waals surface area (Å²) >= 11 is 0. The van der Waals surface area contributed by atoms with Gasteiger partial charge in [-0.25, -0.2) is 19.2 Å². The molecule has 0 aliphatic rings. The first-order chi connectivity index (χ1) is 13.0. The molecule has 154 valence electrons. The van der Waals surface area contributed by atoms with Crippen molar-refractivity contribution >= 4 is 24.2 Å². The molecular formula is C17H23N3O8. The minimum absolute atomic E-state index is 0.205. The number of ether oxygens (including phenoxy) is 4. The number of hydrogen-bond acceptors (Lipinski definition) is 8. The first kappa shape index (κ1) is 22.5. The predicted octanol–water partition coefficient (Wildman–Crippen LogP) is 1.65. The summed E-state index contributed by atoms with van der Waals surface area (Å²) in [5.74, 6) is -1.94. The van der Waals surface area contributed by atoms with Crippen LogP contribution >= 0.6 is 0 Å². The Hall–Kier alpha value is -3.50. The van der Waals surface area contributed by atoms with E-state index >= 15 is 0 Å². The number of methoxy groups -OCH3 is 1. The van der Waals surface area contributed by atoms with Crippen molar-refractivity contribution < 1.29 is 38.1 Å². The van der Waals surface area contributed by atoms with E-state index < -0.39 is 35.7 Å². The summed E-state index contributed by atoms with van der Waals surface area (Å²) in [4.78, 5) is 51.5. The Kier molecular flexibility index (Phi) is 7.60. The van der Waals surface area contributed by atoms with E-state index in [1.54, 1.807) is 0 Å². The van der Waals surface area contributed by atoms with E-state index in [0.29, 0.717) is 0 Å². The SMILES string of the molecule is COC(=O)c1ccc(OC(=O)N(C)C)c(OC(=O)N(C)C)c1OC(=O)N(C)C. The Morgan fingerprint density at radius 3 is 1.54 bits per heavy atom. The maximum atomic E-state index is 12.1. The molecule has 11 heteroatoms. The van der Waals surface area contributed by atoms with Crippen LogP contribution < -0.4 is 14.2 Å². The van der Waals surface area contributed by atoms with Gasteiger partial charge in [-0.2, -0.15) is 0 Å². The van der Waals surface area contributed by atoms with Crippen LogP contribution in [-0.4, -0.2) is 88.3 Å². The third-order valence-corrected chi connectivity index (χ3v) is 3.15. The van der Waals surface area contributed by atoms with Crippen molar-refractivity contribution in [3.8, 4) is 17.2 Å². The van der Waals surface area contributed by atoms with Crippen LogP contribution in [0.4, 0.5) is 14.4 Å². The van der Waals surface area contributed by atoms with Crippen LogP contribution in [0.1, 0.15) is 10.4 Å². The van der Waals surface area contributed by atoms with Gasteiger partial charge in [0.15, 0.2) is 11.5 Å². The fourth-order valence-electron chi connectivity index (χ4n) is 1.64. The predicted molar refractivity (Wildman–Crippen MR) is 96.9 cm³/mol. The number of rotatable bonds is 4. The van der Waals surface area contributed by atoms with Gasteiger partial charge in [0.05, 0.1) is 7.11 Å². The van der Waals surface area contributed by atoms with Crippen LogP contribution in [-0.2, 0) is 4.74 Å². The molecule has 28 heavy (non-hydrogen) atoms. The van der Waals surface area contributed by atoms with E-state index in [2.05, 4.69) is 4.74 Å². The molecule has 0 aliphatic carbocycles. The van der Waals surface area contributed by atoms with Crippen molar-refractivity contribution in [1.82, 2.24) is 14.7 Å². The van der Waals surface area contributed by atoms with Gasteiger partial charge in [0.1, 0.15) is 5.56 Å². The minimum atomic E-state index is -0.858. The van der Waals surface area contributed by atoms with Crippen molar-refractivity contribution in [3.05, 3.63) is 17.7 Å². The molecule has 0 radical (unpaired) electrons. The normalized spacial score (nSPS) is 9.82. The number of benzene rings is 1. The zero-order valence-corrected chi connectivity index (χ0v) is 16.8. The van der Waals surface area contributed by atoms with Crippen molar-refractivity contribution in [1.29, 1.82) is 0 Å². The molecule has 1 aromatic rings. The Morgan fingerprint density at radius 2 is 1.11 bits per heavy atom. The van der Waals surface area contributed by atoms with Gasteiger partial charge in [-0.1, -0.05) is 0 Å². The monoisotopic (exact) mass is 397 g/mol. The highest BCUT2D eigenvalue weighted by atomic mass is 16.6. The fraction of sp³-hybridized carbons (Fsp3) is 0.412. The Bertz CT molecular complexity index is 774. The lowest BCUT2D eigenvalue weighted by Gasteiger charge is -2.20. The molecular weight excluding hydrogens is 374 g/mol. The molecule has 1 aromatic carbocycles. The van der Waals surface area contributed by atoms with Crippen molar-refractivity contribution in [2.24, 2.45) is 0 Å². The largest absolute Gasteiger partial charge is 0.465 e. The molecule has 3 amide bonds. The molecule has 0 N–H and O–H groups in total. The van der Waals surface area contributed by atoms with Crippen molar-refractivity contribution in [2.75, 3.05) is 49.4 Å². The molecule has 0 saturated heterocycles. The Labute approximate surface area is 162 Å². The molecule has 0 heterocycles. The molecule has 0 fully saturated rings. The third kappa shape index (κ3) is 5.50. The quantitative estimate of drug-likeness (QED) is 0.705. The van der Waals surface area contributed by atoms with E-state index in [1.807, 2.05) is 0 Å². The highest BCUT2D eigenvalue weighted by Gasteiger charge is 2.28. The van der Waals surface area contributed by atoms with Crippen LogP contribution in [0.15, 0.2) is 12.1 Å². The van der Waals surface area contributed by atoms with Gasteiger partial charge in [-0.05, 0) is 12.1 Å². The maximum Gasteiger partial charge on any atom is 0.414 e. The summed E-state index contributed by atoms with van der Waals surface area (Å²) in [6.07, 6.45) is -2.49. The number of nitrogens with zero attached hydrogens (tertiary/aromatic N) is 3. The van der Waals surface area contributed by atoms with Gasteiger partial charge in [0.25, 0.3) is 0 Å². The number of carbonyl (C=O) groups is 4. The van der Waals surface area contributed by atoms with Gasteiger partial charge in [-0.3, -0.25) is 0 Å². The Morgan fingerprint density at radius 1 is 0.679 bits per heavy atom. The van der Waals surface area contributed by atoms with Crippen LogP contribution in [0.5, 0.6) is 17.2 Å². The molecule has 0 spiro atoms. The maximum absolute atomic E-state index is 12.1. The van der Waals surface area contributed by atoms with E-state index in [1.165, 1.54) is 54.4 Å². The fourth-order valence-corrected chi connectivity index (χ4v) is 1.64. The van der Waals surface area contributed by atoms with Crippen LogP contribution in [0, 0.1) is 0 Å². The highest BCUT2D eigenvalue weighted by molar-refractivity contribution is 5.96. The summed E-state index contributed by atoms with van der Waals surface area (Å²) in [5.41, 5.74) is -0.205. The number of hydrogen-bond donors (Lipinski definition) is 0. The van der Waals surface area contributed by atoms with Crippen molar-refractivity contribution in [2.45, 2.75) is 0 Å². The molecule has 0 aromatic heterocycles. The van der Waals surface area contributed by atoms with Crippen LogP contribution in [0.25, 0.3) is 0 Å². The number of amides is 3. The molecule has 0 unspecified atom stereocenters. The lowest BCUT2D eigenvalue weighted by atomic mass is 10.1. The van der Waals surface area contributed by atoms with Gasteiger partial charge in [0, 0.05) is 42.3 Å². The average molecular weight is 397 g/mol. The minimum Gasteiger partial charge on any atom is -0.465 e. The topological polar surface area (TPSA) is 115 Å². The van der Waals surface area contributed by atoms with E-state index in [0.717, 1.165) is 21.8 Å². The smallest absolute Gasteiger partial charge is 0.414 e. The molecule has 0 saturated carbocycles. The lowest BCUT2D eigenvalue weighted by molar-refractivity contribution is 0.0596. The standard InChI is InChI=1S/C17H23N3O8/c1-18(2)15(22)26-11-9-8-10(14(21)25-7)12(27-16(23)19(3)4)13(11)28-17(24)20(5)6/h8-9H,1-7H3. The van der Waals surface area contributed by atoms with Crippen LogP contribution in [0.3, 0.4) is 0 Å². The molecule has 11 nitrogen and oxygen atoms in total. The second-order valence-corrected chi connectivity index (χ2v) is 6.05. The van der Waals surface area contributed by atoms with Gasteiger partial charge in [0.2, 0.25) is 5.75 Å². The second kappa shape index (κ2) is 9.44. The second-order valence-electron chi connectivity index (χ2n) is 6.05. The molecule has 0 atom stereocenters. The van der Waals surface area contributed by atoms with E-state index in [-0.39, 0.29) is 11.3 Å². The summed E-state index contributed by atoms with van der Waals surface area (Å²) in [6, 6.07) is 2.44. The van der Waals surface area contributed by atoms with Crippen molar-refractivity contribution in [3.63, 3.8) is 0 Å². The first-order valence-corrected chi connectivity index (χ1v) is 7.92. The van der Waals surface area contributed by atoms with Gasteiger partial charge >= 0.3 is 24.2 Å². The zero-order chi connectivity index (χ0) is 21.6. The summed E-state index contributed by atoms with van der Waals surface area (Å²) in [5, 5.41) is 0. The Balaban J connectivity index is 3.63. The summed E-state index contributed by atoms with van der Waals surface area (Å²) in [7, 11) is 9.70.